The summed E-state index contributed by atoms with van der Waals surface area (Å²) in [6.07, 6.45) is 0. The van der Waals surface area contributed by atoms with Crippen LogP contribution in [0, 0.1) is 0 Å². The van der Waals surface area contributed by atoms with Gasteiger partial charge in [0.25, 0.3) is 10.0 Å². The summed E-state index contributed by atoms with van der Waals surface area (Å²) in [6.45, 7) is 3.99. The molecule has 4 rings (SSSR count). The molecule has 11 heteroatoms. The summed E-state index contributed by atoms with van der Waals surface area (Å²) in [5.74, 6) is 1.08. The molecule has 0 aliphatic carbocycles. The van der Waals surface area contributed by atoms with E-state index in [9.17, 15) is 8.42 Å². The highest BCUT2D eigenvalue weighted by molar-refractivity contribution is 7.91. The van der Waals surface area contributed by atoms with Gasteiger partial charge >= 0.3 is 0 Å². The molecule has 1 fully saturated rings. The van der Waals surface area contributed by atoms with Crippen LogP contribution in [0.2, 0.25) is 0 Å². The Hall–Kier alpha value is -2.60. The monoisotopic (exact) mass is 445 g/mol. The maximum atomic E-state index is 12.7. The van der Waals surface area contributed by atoms with E-state index in [2.05, 4.69) is 25.2 Å². The second-order valence-electron chi connectivity index (χ2n) is 6.91. The molecule has 0 bridgehead atoms. The number of sulfonamides is 1. The van der Waals surface area contributed by atoms with Crippen LogP contribution in [0.5, 0.6) is 0 Å². The van der Waals surface area contributed by atoms with E-state index in [1.54, 1.807) is 17.5 Å². The van der Waals surface area contributed by atoms with Gasteiger partial charge in [-0.05, 0) is 30.5 Å². The topological polar surface area (TPSA) is 117 Å². The summed E-state index contributed by atoms with van der Waals surface area (Å²) in [6, 6.07) is 12.9. The highest BCUT2D eigenvalue weighted by atomic mass is 32.2. The standard InChI is InChI=1S/C19H23N7O2S2/c1-14(17-22-18(20)24-19(23-17)21-15-6-3-2-4-7-15)25-9-11-26(12-10-25)30(27,28)16-8-5-13-29-16/h2-8,13-14H,9-12H2,1H3,(H3,20,21,22,23,24). The number of rotatable bonds is 6. The molecule has 9 nitrogen and oxygen atoms in total. The van der Waals surface area contributed by atoms with Crippen LogP contribution in [0.15, 0.2) is 52.1 Å². The number of piperazine rings is 1. The zero-order chi connectivity index (χ0) is 21.1. The molecule has 30 heavy (non-hydrogen) atoms. The Labute approximate surface area is 179 Å². The molecule has 1 aromatic carbocycles. The van der Waals surface area contributed by atoms with Crippen molar-refractivity contribution in [2.24, 2.45) is 0 Å². The number of anilines is 3. The molecule has 3 heterocycles. The number of nitrogens with one attached hydrogen (secondary N) is 1. The molecule has 1 aliphatic heterocycles. The van der Waals surface area contributed by atoms with E-state index in [-0.39, 0.29) is 12.0 Å². The Morgan fingerprint density at radius 3 is 2.43 bits per heavy atom. The van der Waals surface area contributed by atoms with E-state index in [4.69, 9.17) is 5.73 Å². The molecule has 3 aromatic rings. The molecular formula is C19H23N7O2S2. The Morgan fingerprint density at radius 2 is 1.77 bits per heavy atom. The Bertz CT molecular complexity index is 1080. The van der Waals surface area contributed by atoms with E-state index < -0.39 is 10.0 Å². The minimum absolute atomic E-state index is 0.127. The van der Waals surface area contributed by atoms with Crippen molar-refractivity contribution in [2.45, 2.75) is 17.2 Å². The third-order valence-electron chi connectivity index (χ3n) is 4.98. The Kier molecular flexibility index (Phi) is 5.95. The number of aromatic nitrogens is 3. The number of nitrogens with zero attached hydrogens (tertiary/aromatic N) is 5. The van der Waals surface area contributed by atoms with Crippen molar-refractivity contribution in [3.8, 4) is 0 Å². The van der Waals surface area contributed by atoms with Crippen LogP contribution >= 0.6 is 11.3 Å². The molecule has 3 N–H and O–H groups in total. The first-order valence-corrected chi connectivity index (χ1v) is 11.9. The molecule has 2 aromatic heterocycles. The first-order chi connectivity index (χ1) is 14.4. The van der Waals surface area contributed by atoms with Gasteiger partial charge in [-0.1, -0.05) is 24.3 Å². The number of benzene rings is 1. The average Bonchev–Trinajstić information content (AvgIpc) is 3.29. The van der Waals surface area contributed by atoms with Gasteiger partial charge in [0, 0.05) is 31.9 Å². The fraction of sp³-hybridized carbons (Fsp3) is 0.316. The zero-order valence-corrected chi connectivity index (χ0v) is 18.1. The van der Waals surface area contributed by atoms with Gasteiger partial charge in [-0.15, -0.1) is 11.3 Å². The number of hydrogen-bond donors (Lipinski definition) is 2. The second-order valence-corrected chi connectivity index (χ2v) is 10.0. The minimum atomic E-state index is -3.43. The molecule has 1 aliphatic rings. The smallest absolute Gasteiger partial charge is 0.252 e. The lowest BCUT2D eigenvalue weighted by molar-refractivity contribution is 0.141. The molecule has 0 amide bonds. The molecular weight excluding hydrogens is 422 g/mol. The Balaban J connectivity index is 1.45. The van der Waals surface area contributed by atoms with Crippen molar-refractivity contribution in [3.63, 3.8) is 0 Å². The summed E-state index contributed by atoms with van der Waals surface area (Å²) >= 11 is 1.24. The first-order valence-electron chi connectivity index (χ1n) is 9.55. The van der Waals surface area contributed by atoms with E-state index in [1.165, 1.54) is 15.6 Å². The van der Waals surface area contributed by atoms with E-state index in [0.717, 1.165) is 5.69 Å². The molecule has 1 unspecified atom stereocenters. The lowest BCUT2D eigenvalue weighted by atomic mass is 10.2. The SMILES string of the molecule is CC(c1nc(N)nc(Nc2ccccc2)n1)N1CCN(S(=O)(=O)c2cccs2)CC1. The molecule has 0 radical (unpaired) electrons. The molecule has 0 saturated carbocycles. The normalized spacial score (nSPS) is 17.0. The van der Waals surface area contributed by atoms with Crippen LogP contribution in [0.4, 0.5) is 17.6 Å². The van der Waals surface area contributed by atoms with Crippen molar-refractivity contribution < 1.29 is 8.42 Å². The number of nitrogen functional groups attached to an aromatic ring is 1. The lowest BCUT2D eigenvalue weighted by Gasteiger charge is -2.36. The summed E-state index contributed by atoms with van der Waals surface area (Å²) in [7, 11) is -3.43. The van der Waals surface area contributed by atoms with Crippen LogP contribution < -0.4 is 11.1 Å². The van der Waals surface area contributed by atoms with E-state index in [0.29, 0.717) is 42.2 Å². The molecule has 1 atom stereocenters. The number of hydrogen-bond acceptors (Lipinski definition) is 9. The van der Waals surface area contributed by atoms with Crippen LogP contribution in [-0.4, -0.2) is 58.8 Å². The summed E-state index contributed by atoms with van der Waals surface area (Å²) in [4.78, 5) is 15.2. The third-order valence-corrected chi connectivity index (χ3v) is 8.26. The first kappa shape index (κ1) is 20.7. The largest absolute Gasteiger partial charge is 0.368 e. The van der Waals surface area contributed by atoms with Crippen LogP contribution in [-0.2, 0) is 10.0 Å². The quantitative estimate of drug-likeness (QED) is 0.594. The highest BCUT2D eigenvalue weighted by Crippen LogP contribution is 2.25. The van der Waals surface area contributed by atoms with Crippen molar-refractivity contribution in [2.75, 3.05) is 37.2 Å². The van der Waals surface area contributed by atoms with Crippen molar-refractivity contribution in [1.29, 1.82) is 0 Å². The van der Waals surface area contributed by atoms with Gasteiger partial charge in [0.05, 0.1) is 6.04 Å². The fourth-order valence-electron chi connectivity index (χ4n) is 3.33. The lowest BCUT2D eigenvalue weighted by Crippen LogP contribution is -2.49. The third kappa shape index (κ3) is 4.43. The predicted molar refractivity (Wildman–Crippen MR) is 117 cm³/mol. The van der Waals surface area contributed by atoms with Gasteiger partial charge in [-0.2, -0.15) is 19.3 Å². The van der Waals surface area contributed by atoms with E-state index in [1.807, 2.05) is 37.3 Å². The number of para-hydroxylation sites is 1. The van der Waals surface area contributed by atoms with Gasteiger partial charge in [0.15, 0.2) is 5.82 Å². The number of thiophene rings is 1. The molecule has 0 spiro atoms. The summed E-state index contributed by atoms with van der Waals surface area (Å²) in [5.41, 5.74) is 6.76. The van der Waals surface area contributed by atoms with Crippen LogP contribution in [0.3, 0.4) is 0 Å². The van der Waals surface area contributed by atoms with Crippen molar-refractivity contribution in [1.82, 2.24) is 24.2 Å². The van der Waals surface area contributed by atoms with E-state index >= 15 is 0 Å². The van der Waals surface area contributed by atoms with Crippen molar-refractivity contribution >= 4 is 38.9 Å². The van der Waals surface area contributed by atoms with Gasteiger partial charge < -0.3 is 11.1 Å². The predicted octanol–water partition coefficient (Wildman–Crippen LogP) is 2.33. The highest BCUT2D eigenvalue weighted by Gasteiger charge is 2.31. The minimum Gasteiger partial charge on any atom is -0.368 e. The van der Waals surface area contributed by atoms with Crippen molar-refractivity contribution in [3.05, 3.63) is 53.7 Å². The van der Waals surface area contributed by atoms with Gasteiger partial charge in [-0.3, -0.25) is 4.90 Å². The van der Waals surface area contributed by atoms with Gasteiger partial charge in [0.2, 0.25) is 11.9 Å². The van der Waals surface area contributed by atoms with Crippen LogP contribution in [0.1, 0.15) is 18.8 Å². The molecule has 158 valence electrons. The summed E-state index contributed by atoms with van der Waals surface area (Å²) < 4.78 is 27.4. The maximum absolute atomic E-state index is 12.7. The zero-order valence-electron chi connectivity index (χ0n) is 16.5. The Morgan fingerprint density at radius 1 is 1.03 bits per heavy atom. The molecule has 1 saturated heterocycles. The van der Waals surface area contributed by atoms with Crippen LogP contribution in [0.25, 0.3) is 0 Å². The van der Waals surface area contributed by atoms with Gasteiger partial charge in [0.1, 0.15) is 4.21 Å². The fourth-order valence-corrected chi connectivity index (χ4v) is 5.90. The number of nitrogens with two attached hydrogens (primary N) is 1. The van der Waals surface area contributed by atoms with Gasteiger partial charge in [-0.25, -0.2) is 8.42 Å². The average molecular weight is 446 g/mol. The second kappa shape index (κ2) is 8.64. The summed E-state index contributed by atoms with van der Waals surface area (Å²) in [5, 5.41) is 4.91. The maximum Gasteiger partial charge on any atom is 0.252 e.